The number of nitrogens with one attached hydrogen (secondary N) is 2. The Morgan fingerprint density at radius 2 is 1.91 bits per heavy atom. The molecule has 1 rings (SSSR count). The number of nitrogens with two attached hydrogens (primary N) is 1. The van der Waals surface area contributed by atoms with Crippen molar-refractivity contribution in [2.24, 2.45) is 11.7 Å². The van der Waals surface area contributed by atoms with E-state index in [0.29, 0.717) is 5.69 Å². The Morgan fingerprint density at radius 3 is 2.48 bits per heavy atom. The lowest BCUT2D eigenvalue weighted by Gasteiger charge is -2.20. The number of carbonyl (C=O) groups excluding carboxylic acids is 3. The fourth-order valence-electron chi connectivity index (χ4n) is 1.87. The monoisotopic (exact) mass is 323 g/mol. The second-order valence-electron chi connectivity index (χ2n) is 5.12. The van der Waals surface area contributed by atoms with Crippen LogP contribution in [-0.4, -0.2) is 42.3 Å². The number of hydrogen-bond donors (Lipinski definition) is 4. The smallest absolute Gasteiger partial charge is 0.341 e. The molecule has 8 heteroatoms. The van der Waals surface area contributed by atoms with Crippen LogP contribution >= 0.6 is 0 Å². The van der Waals surface area contributed by atoms with Crippen molar-refractivity contribution < 1.29 is 24.2 Å². The second kappa shape index (κ2) is 8.74. The van der Waals surface area contributed by atoms with Gasteiger partial charge < -0.3 is 20.9 Å². The lowest BCUT2D eigenvalue weighted by atomic mass is 10.1. The molecule has 0 saturated heterocycles. The van der Waals surface area contributed by atoms with Gasteiger partial charge in [0.15, 0.2) is 6.10 Å². The highest BCUT2D eigenvalue weighted by Crippen LogP contribution is 2.18. The molecule has 0 saturated carbocycles. The number of para-hydroxylation sites is 1. The number of hydrogen-bond acceptors (Lipinski definition) is 6. The van der Waals surface area contributed by atoms with E-state index < -0.39 is 24.0 Å². The molecule has 1 aromatic carbocycles. The number of primary amides is 1. The number of imide groups is 1. The quantitative estimate of drug-likeness (QED) is 0.539. The molecular formula is C15H21N3O5. The maximum absolute atomic E-state index is 12.3. The number of benzene rings is 1. The molecule has 0 aromatic heterocycles. The summed E-state index contributed by atoms with van der Waals surface area (Å²) in [6.07, 6.45) is -1.15. The van der Waals surface area contributed by atoms with Gasteiger partial charge in [-0.25, -0.2) is 9.59 Å². The fourth-order valence-corrected chi connectivity index (χ4v) is 1.87. The Balaban J connectivity index is 2.91. The molecule has 0 fully saturated rings. The van der Waals surface area contributed by atoms with Crippen LogP contribution in [0.4, 0.5) is 10.5 Å². The minimum absolute atomic E-state index is 0.0982. The van der Waals surface area contributed by atoms with Gasteiger partial charge in [-0.15, -0.1) is 0 Å². The van der Waals surface area contributed by atoms with Gasteiger partial charge in [0.1, 0.15) is 0 Å². The van der Waals surface area contributed by atoms with Gasteiger partial charge >= 0.3 is 12.0 Å². The topological polar surface area (TPSA) is 131 Å². The van der Waals surface area contributed by atoms with E-state index in [1.165, 1.54) is 6.07 Å². The minimum Gasteiger partial charge on any atom is -0.448 e. The van der Waals surface area contributed by atoms with Crippen LogP contribution in [0.5, 0.6) is 0 Å². The number of rotatable bonds is 7. The summed E-state index contributed by atoms with van der Waals surface area (Å²) in [5, 5.41) is 13.6. The summed E-state index contributed by atoms with van der Waals surface area (Å²) in [5.74, 6) is -1.85. The van der Waals surface area contributed by atoms with Crippen LogP contribution in [0, 0.1) is 5.92 Å². The summed E-state index contributed by atoms with van der Waals surface area (Å²) in [6.45, 7) is 3.52. The number of carbonyl (C=O) groups is 3. The van der Waals surface area contributed by atoms with Crippen LogP contribution in [0.15, 0.2) is 24.3 Å². The van der Waals surface area contributed by atoms with Gasteiger partial charge in [0.05, 0.1) is 12.2 Å². The summed E-state index contributed by atoms with van der Waals surface area (Å²) < 4.78 is 5.22. The maximum atomic E-state index is 12.3. The summed E-state index contributed by atoms with van der Waals surface area (Å²) >= 11 is 0. The van der Waals surface area contributed by atoms with Crippen LogP contribution in [0.2, 0.25) is 0 Å². The van der Waals surface area contributed by atoms with E-state index in [1.54, 1.807) is 32.0 Å². The molecule has 8 nitrogen and oxygen atoms in total. The van der Waals surface area contributed by atoms with Gasteiger partial charge in [0.25, 0.3) is 5.91 Å². The van der Waals surface area contributed by atoms with E-state index in [2.05, 4.69) is 5.32 Å². The van der Waals surface area contributed by atoms with Crippen molar-refractivity contribution in [3.63, 3.8) is 0 Å². The molecule has 0 unspecified atom stereocenters. The third-order valence-electron chi connectivity index (χ3n) is 2.92. The van der Waals surface area contributed by atoms with Crippen molar-refractivity contribution in [2.75, 3.05) is 18.5 Å². The van der Waals surface area contributed by atoms with E-state index in [0.717, 1.165) is 0 Å². The first-order valence-electron chi connectivity index (χ1n) is 7.11. The van der Waals surface area contributed by atoms with Crippen molar-refractivity contribution in [1.29, 1.82) is 0 Å². The van der Waals surface area contributed by atoms with E-state index in [1.807, 2.05) is 5.32 Å². The summed E-state index contributed by atoms with van der Waals surface area (Å²) in [7, 11) is 0. The van der Waals surface area contributed by atoms with Gasteiger partial charge in [-0.1, -0.05) is 26.0 Å². The number of anilines is 1. The normalized spacial score (nSPS) is 11.7. The SMILES string of the molecule is CC(C)[C@H](OC(=O)c1ccccc1NCCO)C(=O)NC(N)=O. The molecule has 0 aliphatic heterocycles. The van der Waals surface area contributed by atoms with E-state index in [-0.39, 0.29) is 24.6 Å². The zero-order valence-corrected chi connectivity index (χ0v) is 13.0. The zero-order chi connectivity index (χ0) is 17.4. The first-order chi connectivity index (χ1) is 10.9. The number of aliphatic hydroxyl groups excluding tert-OH is 1. The molecule has 1 atom stereocenters. The van der Waals surface area contributed by atoms with E-state index >= 15 is 0 Å². The summed E-state index contributed by atoms with van der Waals surface area (Å²) in [6, 6.07) is 5.54. The zero-order valence-electron chi connectivity index (χ0n) is 13.0. The summed E-state index contributed by atoms with van der Waals surface area (Å²) in [5.41, 5.74) is 5.60. The maximum Gasteiger partial charge on any atom is 0.341 e. The average molecular weight is 323 g/mol. The largest absolute Gasteiger partial charge is 0.448 e. The third-order valence-corrected chi connectivity index (χ3v) is 2.92. The Hall–Kier alpha value is -2.61. The van der Waals surface area contributed by atoms with Crippen LogP contribution in [0.3, 0.4) is 0 Å². The van der Waals surface area contributed by atoms with Crippen molar-refractivity contribution in [2.45, 2.75) is 20.0 Å². The number of ether oxygens (including phenoxy) is 1. The predicted octanol–water partition coefficient (Wildman–Crippen LogP) is 0.467. The highest BCUT2D eigenvalue weighted by Gasteiger charge is 2.28. The highest BCUT2D eigenvalue weighted by molar-refractivity contribution is 6.00. The molecule has 126 valence electrons. The molecule has 0 aliphatic rings. The van der Waals surface area contributed by atoms with Gasteiger partial charge in [-0.3, -0.25) is 10.1 Å². The molecule has 0 spiro atoms. The molecule has 3 amide bonds. The highest BCUT2D eigenvalue weighted by atomic mass is 16.5. The van der Waals surface area contributed by atoms with Crippen LogP contribution in [0.1, 0.15) is 24.2 Å². The first-order valence-corrected chi connectivity index (χ1v) is 7.11. The minimum atomic E-state index is -1.15. The second-order valence-corrected chi connectivity index (χ2v) is 5.12. The molecule has 5 N–H and O–H groups in total. The van der Waals surface area contributed by atoms with E-state index in [4.69, 9.17) is 15.6 Å². The predicted molar refractivity (Wildman–Crippen MR) is 83.8 cm³/mol. The Bertz CT molecular complexity index is 574. The Morgan fingerprint density at radius 1 is 1.26 bits per heavy atom. The lowest BCUT2D eigenvalue weighted by Crippen LogP contribution is -2.45. The van der Waals surface area contributed by atoms with Crippen molar-refractivity contribution in [1.82, 2.24) is 5.32 Å². The summed E-state index contributed by atoms with van der Waals surface area (Å²) in [4.78, 5) is 35.0. The van der Waals surface area contributed by atoms with Crippen molar-refractivity contribution >= 4 is 23.6 Å². The van der Waals surface area contributed by atoms with E-state index in [9.17, 15) is 14.4 Å². The van der Waals surface area contributed by atoms with Gasteiger partial charge in [-0.2, -0.15) is 0 Å². The fraction of sp³-hybridized carbons (Fsp3) is 0.400. The van der Waals surface area contributed by atoms with Crippen LogP contribution in [0.25, 0.3) is 0 Å². The van der Waals surface area contributed by atoms with Crippen molar-refractivity contribution in [3.8, 4) is 0 Å². The molecular weight excluding hydrogens is 302 g/mol. The Labute approximate surface area is 134 Å². The number of aliphatic hydroxyl groups is 1. The molecule has 0 aliphatic carbocycles. The average Bonchev–Trinajstić information content (AvgIpc) is 2.49. The van der Waals surface area contributed by atoms with Crippen molar-refractivity contribution in [3.05, 3.63) is 29.8 Å². The number of urea groups is 1. The van der Waals surface area contributed by atoms with Gasteiger partial charge in [-0.05, 0) is 18.1 Å². The molecule has 0 bridgehead atoms. The number of amides is 3. The molecule has 23 heavy (non-hydrogen) atoms. The lowest BCUT2D eigenvalue weighted by molar-refractivity contribution is -0.130. The first kappa shape index (κ1) is 18.4. The molecule has 0 radical (unpaired) electrons. The van der Waals surface area contributed by atoms with Crippen LogP contribution in [-0.2, 0) is 9.53 Å². The number of esters is 1. The standard InChI is InChI=1S/C15H21N3O5/c1-9(2)12(13(20)18-15(16)22)23-14(21)10-5-3-4-6-11(10)17-7-8-19/h3-6,9,12,17,19H,7-8H2,1-2H3,(H3,16,18,20,22)/t12-/m0/s1. The van der Waals surface area contributed by atoms with Gasteiger partial charge in [0.2, 0.25) is 0 Å². The van der Waals surface area contributed by atoms with Gasteiger partial charge in [0, 0.05) is 12.2 Å². The molecule has 0 heterocycles. The van der Waals surface area contributed by atoms with Crippen LogP contribution < -0.4 is 16.4 Å². The Kier molecular flexibility index (Phi) is 7.01. The third kappa shape index (κ3) is 5.59. The molecule has 1 aromatic rings.